The van der Waals surface area contributed by atoms with Crippen molar-refractivity contribution in [3.05, 3.63) is 35.1 Å². The molecule has 1 unspecified atom stereocenters. The number of hydrogen-bond donors (Lipinski definition) is 1. The van der Waals surface area contributed by atoms with Gasteiger partial charge in [0.2, 0.25) is 0 Å². The zero-order chi connectivity index (χ0) is 14.5. The van der Waals surface area contributed by atoms with Crippen LogP contribution in [0.5, 0.6) is 0 Å². The maximum absolute atomic E-state index is 13.7. The highest BCUT2D eigenvalue weighted by molar-refractivity contribution is 5.94. The van der Waals surface area contributed by atoms with Gasteiger partial charge in [-0.05, 0) is 63.9 Å². The summed E-state index contributed by atoms with van der Waals surface area (Å²) in [7, 11) is 0. The van der Waals surface area contributed by atoms with Gasteiger partial charge in [0.1, 0.15) is 5.82 Å². The molecule has 1 saturated heterocycles. The molecule has 1 aliphatic rings. The van der Waals surface area contributed by atoms with E-state index in [-0.39, 0.29) is 11.5 Å². The Morgan fingerprint density at radius 1 is 1.40 bits per heavy atom. The third kappa shape index (κ3) is 3.79. The molecular weight excluding hydrogens is 255 g/mol. The van der Waals surface area contributed by atoms with Crippen molar-refractivity contribution in [1.29, 1.82) is 0 Å². The minimum atomic E-state index is -0.449. The van der Waals surface area contributed by atoms with E-state index in [0.717, 1.165) is 25.1 Å². The highest BCUT2D eigenvalue weighted by Gasteiger charge is 2.18. The van der Waals surface area contributed by atoms with Gasteiger partial charge < -0.3 is 10.2 Å². The van der Waals surface area contributed by atoms with E-state index in [1.165, 1.54) is 18.9 Å². The van der Waals surface area contributed by atoms with Crippen LogP contribution in [0.4, 0.5) is 4.39 Å². The maximum Gasteiger partial charge on any atom is 0.254 e. The van der Waals surface area contributed by atoms with Gasteiger partial charge >= 0.3 is 0 Å². The van der Waals surface area contributed by atoms with Crippen molar-refractivity contribution in [3.8, 4) is 0 Å². The van der Waals surface area contributed by atoms with Crippen LogP contribution in [0.3, 0.4) is 0 Å². The number of carbonyl (C=O) groups excluding carboxylic acids is 1. The Labute approximate surface area is 120 Å². The minimum Gasteiger partial charge on any atom is -0.352 e. The van der Waals surface area contributed by atoms with Gasteiger partial charge in [0, 0.05) is 12.6 Å². The highest BCUT2D eigenvalue weighted by atomic mass is 19.1. The third-order valence-corrected chi connectivity index (χ3v) is 3.98. The van der Waals surface area contributed by atoms with Crippen LogP contribution >= 0.6 is 0 Å². The molecule has 0 aliphatic carbocycles. The van der Waals surface area contributed by atoms with Crippen LogP contribution in [-0.2, 0) is 0 Å². The monoisotopic (exact) mass is 278 g/mol. The zero-order valence-electron chi connectivity index (χ0n) is 12.3. The van der Waals surface area contributed by atoms with Crippen LogP contribution in [0.15, 0.2) is 18.2 Å². The summed E-state index contributed by atoms with van der Waals surface area (Å²) < 4.78 is 13.7. The van der Waals surface area contributed by atoms with Crippen LogP contribution in [0.2, 0.25) is 0 Å². The molecule has 1 aliphatic heterocycles. The molecule has 1 aromatic rings. The summed E-state index contributed by atoms with van der Waals surface area (Å²) in [5.41, 5.74) is 0.950. The fourth-order valence-corrected chi connectivity index (χ4v) is 2.66. The predicted octanol–water partition coefficient (Wildman–Crippen LogP) is 2.74. The number of nitrogens with zero attached hydrogens (tertiary/aromatic N) is 1. The van der Waals surface area contributed by atoms with E-state index in [0.29, 0.717) is 12.6 Å². The summed E-state index contributed by atoms with van der Waals surface area (Å²) in [5, 5.41) is 2.81. The topological polar surface area (TPSA) is 32.3 Å². The number of halogens is 1. The van der Waals surface area contributed by atoms with Crippen LogP contribution < -0.4 is 5.32 Å². The average Bonchev–Trinajstić information content (AvgIpc) is 2.92. The van der Waals surface area contributed by atoms with Crippen molar-refractivity contribution in [2.24, 2.45) is 0 Å². The van der Waals surface area contributed by atoms with Crippen molar-refractivity contribution in [2.75, 3.05) is 19.6 Å². The van der Waals surface area contributed by atoms with Crippen LogP contribution in [0.25, 0.3) is 0 Å². The molecule has 1 N–H and O–H groups in total. The molecule has 110 valence electrons. The zero-order valence-corrected chi connectivity index (χ0v) is 12.3. The summed E-state index contributed by atoms with van der Waals surface area (Å²) in [6.45, 7) is 6.89. The highest BCUT2D eigenvalue weighted by Crippen LogP contribution is 2.13. The molecular formula is C16H23FN2O. The first-order chi connectivity index (χ1) is 9.58. The van der Waals surface area contributed by atoms with Crippen LogP contribution in [0, 0.1) is 12.7 Å². The number of nitrogens with one attached hydrogen (secondary N) is 1. The van der Waals surface area contributed by atoms with E-state index < -0.39 is 5.82 Å². The first-order valence-electron chi connectivity index (χ1n) is 7.36. The van der Waals surface area contributed by atoms with Gasteiger partial charge in [-0.1, -0.05) is 6.07 Å². The maximum atomic E-state index is 13.7. The number of amides is 1. The van der Waals surface area contributed by atoms with Crippen molar-refractivity contribution >= 4 is 5.91 Å². The molecule has 1 fully saturated rings. The molecule has 0 aromatic heterocycles. The smallest absolute Gasteiger partial charge is 0.254 e. The summed E-state index contributed by atoms with van der Waals surface area (Å²) in [4.78, 5) is 14.4. The molecule has 0 spiro atoms. The first kappa shape index (κ1) is 15.0. The van der Waals surface area contributed by atoms with Gasteiger partial charge in [0.05, 0.1) is 5.56 Å². The normalized spacial score (nSPS) is 17.1. The first-order valence-corrected chi connectivity index (χ1v) is 7.36. The quantitative estimate of drug-likeness (QED) is 0.898. The lowest BCUT2D eigenvalue weighted by Crippen LogP contribution is -2.34. The second kappa shape index (κ2) is 6.84. The number of rotatable bonds is 5. The standard InChI is InChI=1S/C16H23FN2O/c1-12-5-6-14(15(17)11-12)16(20)18-8-7-13(2)19-9-3-4-10-19/h5-6,11,13H,3-4,7-10H2,1-2H3,(H,18,20). The third-order valence-electron chi connectivity index (χ3n) is 3.98. The van der Waals surface area contributed by atoms with Gasteiger partial charge in [-0.25, -0.2) is 4.39 Å². The molecule has 2 rings (SSSR count). The summed E-state index contributed by atoms with van der Waals surface area (Å²) in [6, 6.07) is 5.16. The van der Waals surface area contributed by atoms with Crippen molar-refractivity contribution in [1.82, 2.24) is 10.2 Å². The van der Waals surface area contributed by atoms with Gasteiger partial charge in [-0.2, -0.15) is 0 Å². The van der Waals surface area contributed by atoms with E-state index in [1.54, 1.807) is 12.1 Å². The number of aryl methyl sites for hydroxylation is 1. The average molecular weight is 278 g/mol. The fourth-order valence-electron chi connectivity index (χ4n) is 2.66. The lowest BCUT2D eigenvalue weighted by Gasteiger charge is -2.23. The lowest BCUT2D eigenvalue weighted by molar-refractivity contribution is 0.0945. The largest absolute Gasteiger partial charge is 0.352 e. The summed E-state index contributed by atoms with van der Waals surface area (Å²) in [6.07, 6.45) is 3.44. The van der Waals surface area contributed by atoms with Gasteiger partial charge in [-0.3, -0.25) is 4.79 Å². The molecule has 3 nitrogen and oxygen atoms in total. The minimum absolute atomic E-state index is 0.129. The number of benzene rings is 1. The summed E-state index contributed by atoms with van der Waals surface area (Å²) >= 11 is 0. The predicted molar refractivity (Wildman–Crippen MR) is 78.4 cm³/mol. The molecule has 1 aromatic carbocycles. The van der Waals surface area contributed by atoms with Crippen LogP contribution in [-0.4, -0.2) is 36.5 Å². The molecule has 1 amide bonds. The van der Waals surface area contributed by atoms with Crippen molar-refractivity contribution in [3.63, 3.8) is 0 Å². The molecule has 1 heterocycles. The number of hydrogen-bond acceptors (Lipinski definition) is 2. The van der Waals surface area contributed by atoms with Crippen LogP contribution in [0.1, 0.15) is 42.1 Å². The van der Waals surface area contributed by atoms with E-state index in [1.807, 2.05) is 6.92 Å². The second-order valence-corrected chi connectivity index (χ2v) is 5.62. The second-order valence-electron chi connectivity index (χ2n) is 5.62. The van der Waals surface area contributed by atoms with Gasteiger partial charge in [0.25, 0.3) is 5.91 Å². The number of likely N-dealkylation sites (tertiary alicyclic amines) is 1. The van der Waals surface area contributed by atoms with E-state index in [9.17, 15) is 9.18 Å². The van der Waals surface area contributed by atoms with Gasteiger partial charge in [0.15, 0.2) is 0 Å². The van der Waals surface area contributed by atoms with Crippen molar-refractivity contribution < 1.29 is 9.18 Å². The molecule has 1 atom stereocenters. The van der Waals surface area contributed by atoms with E-state index in [2.05, 4.69) is 17.1 Å². The van der Waals surface area contributed by atoms with E-state index in [4.69, 9.17) is 0 Å². The molecule has 0 bridgehead atoms. The Balaban J connectivity index is 1.80. The Kier molecular flexibility index (Phi) is 5.12. The molecule has 0 radical (unpaired) electrons. The molecule has 4 heteroatoms. The van der Waals surface area contributed by atoms with E-state index >= 15 is 0 Å². The van der Waals surface area contributed by atoms with Crippen molar-refractivity contribution in [2.45, 2.75) is 39.2 Å². The number of carbonyl (C=O) groups is 1. The Bertz CT molecular complexity index is 470. The fraction of sp³-hybridized carbons (Fsp3) is 0.562. The molecule has 0 saturated carbocycles. The molecule has 20 heavy (non-hydrogen) atoms. The SMILES string of the molecule is Cc1ccc(C(=O)NCCC(C)N2CCCC2)c(F)c1. The van der Waals surface area contributed by atoms with Gasteiger partial charge in [-0.15, -0.1) is 0 Å². The lowest BCUT2D eigenvalue weighted by atomic mass is 10.1. The Hall–Kier alpha value is -1.42. The summed E-state index contributed by atoms with van der Waals surface area (Å²) in [5.74, 6) is -0.772. The Morgan fingerprint density at radius 2 is 2.10 bits per heavy atom. The Morgan fingerprint density at radius 3 is 2.75 bits per heavy atom.